The van der Waals surface area contributed by atoms with E-state index in [1.54, 1.807) is 11.3 Å². The number of benzene rings is 7. The van der Waals surface area contributed by atoms with E-state index in [9.17, 15) is 0 Å². The maximum absolute atomic E-state index is 5.49. The van der Waals surface area contributed by atoms with Crippen molar-refractivity contribution in [1.29, 1.82) is 0 Å². The Hall–Kier alpha value is -5.88. The molecule has 0 saturated heterocycles. The minimum Gasteiger partial charge on any atom is -0.277 e. The molecule has 4 heterocycles. The van der Waals surface area contributed by atoms with Gasteiger partial charge in [0.25, 0.3) is 0 Å². The monoisotopic (exact) mass is 659 g/mol. The highest BCUT2D eigenvalue weighted by Gasteiger charge is 2.23. The summed E-state index contributed by atoms with van der Waals surface area (Å²) in [6.07, 6.45) is 0. The molecular formula is C44H25N3S2. The summed E-state index contributed by atoms with van der Waals surface area (Å²) in [5.74, 6) is 0.682. The average molecular weight is 660 g/mol. The van der Waals surface area contributed by atoms with Crippen molar-refractivity contribution < 1.29 is 0 Å². The van der Waals surface area contributed by atoms with Gasteiger partial charge >= 0.3 is 0 Å². The molecule has 4 aromatic heterocycles. The Morgan fingerprint density at radius 1 is 0.429 bits per heavy atom. The molecule has 11 aromatic rings. The van der Waals surface area contributed by atoms with Crippen LogP contribution in [0.1, 0.15) is 0 Å². The lowest BCUT2D eigenvalue weighted by molar-refractivity contribution is 1.02. The zero-order chi connectivity index (χ0) is 32.1. The average Bonchev–Trinajstić information content (AvgIpc) is 3.84. The number of para-hydroxylation sites is 1. The van der Waals surface area contributed by atoms with E-state index in [2.05, 4.69) is 156 Å². The van der Waals surface area contributed by atoms with Crippen LogP contribution in [-0.4, -0.2) is 14.5 Å². The van der Waals surface area contributed by atoms with Crippen molar-refractivity contribution in [2.24, 2.45) is 0 Å². The van der Waals surface area contributed by atoms with E-state index in [1.165, 1.54) is 52.0 Å². The summed E-state index contributed by atoms with van der Waals surface area (Å²) in [6, 6.07) is 54.6. The molecule has 0 fully saturated rings. The largest absolute Gasteiger partial charge is 0.277 e. The topological polar surface area (TPSA) is 30.7 Å². The number of hydrogen-bond acceptors (Lipinski definition) is 4. The summed E-state index contributed by atoms with van der Waals surface area (Å²) in [5.41, 5.74) is 7.63. The Morgan fingerprint density at radius 2 is 1.10 bits per heavy atom. The summed E-state index contributed by atoms with van der Waals surface area (Å²) in [7, 11) is 0. The summed E-state index contributed by atoms with van der Waals surface area (Å²) < 4.78 is 7.27. The minimum atomic E-state index is 0.682. The Morgan fingerprint density at radius 3 is 1.98 bits per heavy atom. The van der Waals surface area contributed by atoms with Gasteiger partial charge in [0.1, 0.15) is 0 Å². The van der Waals surface area contributed by atoms with Gasteiger partial charge in [0.05, 0.1) is 26.9 Å². The first kappa shape index (κ1) is 27.1. The van der Waals surface area contributed by atoms with Gasteiger partial charge in [-0.2, -0.15) is 0 Å². The van der Waals surface area contributed by atoms with Gasteiger partial charge in [-0.25, -0.2) is 9.97 Å². The van der Waals surface area contributed by atoms with Crippen molar-refractivity contribution in [3.63, 3.8) is 0 Å². The molecule has 0 aliphatic rings. The van der Waals surface area contributed by atoms with E-state index < -0.39 is 0 Å². The summed E-state index contributed by atoms with van der Waals surface area (Å²) >= 11 is 3.62. The molecule has 228 valence electrons. The van der Waals surface area contributed by atoms with Crippen molar-refractivity contribution in [1.82, 2.24) is 14.5 Å². The quantitative estimate of drug-likeness (QED) is 0.189. The van der Waals surface area contributed by atoms with E-state index >= 15 is 0 Å². The molecule has 0 unspecified atom stereocenters. The van der Waals surface area contributed by atoms with Crippen LogP contribution < -0.4 is 0 Å². The maximum atomic E-state index is 5.49. The molecule has 0 aliphatic carbocycles. The summed E-state index contributed by atoms with van der Waals surface area (Å²) in [4.78, 5) is 11.0. The van der Waals surface area contributed by atoms with Crippen LogP contribution in [0.2, 0.25) is 0 Å². The highest BCUT2D eigenvalue weighted by atomic mass is 32.1. The van der Waals surface area contributed by atoms with Crippen molar-refractivity contribution in [3.8, 4) is 28.3 Å². The SMILES string of the molecule is c1ccc(-c2nc(-n3c4c(-c5ccc6c(c5)sc5ccccc56)cccc4c4ccc5ccccc5c43)nc3c2sc2ccccc23)cc1. The smallest absolute Gasteiger partial charge is 0.235 e. The van der Waals surface area contributed by atoms with E-state index in [4.69, 9.17) is 9.97 Å². The van der Waals surface area contributed by atoms with Crippen LogP contribution >= 0.6 is 22.7 Å². The molecule has 7 aromatic carbocycles. The van der Waals surface area contributed by atoms with Crippen molar-refractivity contribution in [2.45, 2.75) is 0 Å². The third-order valence-electron chi connectivity index (χ3n) is 9.82. The van der Waals surface area contributed by atoms with Gasteiger partial charge in [-0.15, -0.1) is 22.7 Å². The Bertz CT molecular complexity index is 3110. The molecule has 49 heavy (non-hydrogen) atoms. The number of thiophene rings is 2. The van der Waals surface area contributed by atoms with Gasteiger partial charge < -0.3 is 0 Å². The van der Waals surface area contributed by atoms with Crippen LogP contribution in [0.4, 0.5) is 0 Å². The molecule has 0 spiro atoms. The van der Waals surface area contributed by atoms with Crippen LogP contribution in [0.25, 0.3) is 101 Å². The second kappa shape index (κ2) is 10.3. The molecule has 0 atom stereocenters. The predicted molar refractivity (Wildman–Crippen MR) is 211 cm³/mol. The minimum absolute atomic E-state index is 0.682. The third kappa shape index (κ3) is 3.94. The standard InChI is InChI=1S/C44H25N3S2/c1-2-12-27(13-3-1)39-43-40(35-16-7-9-20-37(35)49-43)46-44(45-39)47-41-29-14-5-4-11-26(29)21-24-34(41)33-18-10-17-30(42(33)47)28-22-23-32-31-15-6-8-19-36(31)48-38(32)25-28/h1-25H. The summed E-state index contributed by atoms with van der Waals surface area (Å²) in [6.45, 7) is 0. The molecule has 3 nitrogen and oxygen atoms in total. The van der Waals surface area contributed by atoms with Gasteiger partial charge in [0.15, 0.2) is 0 Å². The fourth-order valence-electron chi connectivity index (χ4n) is 7.62. The molecule has 0 amide bonds. The molecule has 0 aliphatic heterocycles. The zero-order valence-corrected chi connectivity index (χ0v) is 27.7. The first-order valence-electron chi connectivity index (χ1n) is 16.4. The van der Waals surface area contributed by atoms with Crippen LogP contribution in [0.5, 0.6) is 0 Å². The fourth-order valence-corrected chi connectivity index (χ4v) is 9.92. The number of hydrogen-bond donors (Lipinski definition) is 0. The van der Waals surface area contributed by atoms with Gasteiger partial charge in [-0.05, 0) is 29.1 Å². The second-order valence-corrected chi connectivity index (χ2v) is 14.7. The Labute approximate surface area is 289 Å². The molecule has 0 saturated carbocycles. The highest BCUT2D eigenvalue weighted by Crippen LogP contribution is 2.44. The number of fused-ring (bicyclic) bond motifs is 11. The molecule has 5 heteroatoms. The van der Waals surface area contributed by atoms with Crippen molar-refractivity contribution in [3.05, 3.63) is 152 Å². The van der Waals surface area contributed by atoms with Crippen LogP contribution in [0.3, 0.4) is 0 Å². The van der Waals surface area contributed by atoms with Crippen LogP contribution in [0, 0.1) is 0 Å². The lowest BCUT2D eigenvalue weighted by Crippen LogP contribution is -2.04. The maximum Gasteiger partial charge on any atom is 0.235 e. The van der Waals surface area contributed by atoms with E-state index in [-0.39, 0.29) is 0 Å². The van der Waals surface area contributed by atoms with Crippen molar-refractivity contribution in [2.75, 3.05) is 0 Å². The Kier molecular flexibility index (Phi) is 5.70. The Balaban J connectivity index is 1.30. The van der Waals surface area contributed by atoms with Crippen LogP contribution in [0.15, 0.2) is 152 Å². The molecular weight excluding hydrogens is 635 g/mol. The predicted octanol–water partition coefficient (Wildman–Crippen LogP) is 12.8. The first-order valence-corrected chi connectivity index (χ1v) is 18.1. The highest BCUT2D eigenvalue weighted by molar-refractivity contribution is 7.26. The van der Waals surface area contributed by atoms with E-state index in [0.717, 1.165) is 43.5 Å². The first-order chi connectivity index (χ1) is 24.3. The number of rotatable bonds is 3. The fraction of sp³-hybridized carbons (Fsp3) is 0. The van der Waals surface area contributed by atoms with E-state index in [1.807, 2.05) is 11.3 Å². The van der Waals surface area contributed by atoms with Crippen LogP contribution in [-0.2, 0) is 0 Å². The second-order valence-electron chi connectivity index (χ2n) is 12.5. The normalized spacial score (nSPS) is 12.1. The lowest BCUT2D eigenvalue weighted by Gasteiger charge is -2.13. The van der Waals surface area contributed by atoms with Gasteiger partial charge in [0, 0.05) is 57.5 Å². The van der Waals surface area contributed by atoms with Gasteiger partial charge in [0.2, 0.25) is 5.95 Å². The van der Waals surface area contributed by atoms with Gasteiger partial charge in [-0.3, -0.25) is 4.57 Å². The molecule has 11 rings (SSSR count). The summed E-state index contributed by atoms with van der Waals surface area (Å²) in [5, 5.41) is 8.53. The third-order valence-corrected chi connectivity index (χ3v) is 12.1. The molecule has 0 bridgehead atoms. The number of nitrogens with zero attached hydrogens (tertiary/aromatic N) is 3. The molecule has 0 N–H and O–H groups in total. The zero-order valence-electron chi connectivity index (χ0n) is 26.1. The number of aromatic nitrogens is 3. The van der Waals surface area contributed by atoms with Crippen molar-refractivity contribution >= 4 is 95.7 Å². The van der Waals surface area contributed by atoms with Gasteiger partial charge in [-0.1, -0.05) is 133 Å². The lowest BCUT2D eigenvalue weighted by atomic mass is 10.00. The van der Waals surface area contributed by atoms with E-state index in [0.29, 0.717) is 5.95 Å². The molecule has 0 radical (unpaired) electrons.